The van der Waals surface area contributed by atoms with Crippen molar-refractivity contribution in [3.05, 3.63) is 34.6 Å². The van der Waals surface area contributed by atoms with Crippen LogP contribution in [-0.2, 0) is 11.2 Å². The molecule has 1 aromatic carbocycles. The lowest BCUT2D eigenvalue weighted by molar-refractivity contribution is -0.146. The number of rotatable bonds is 4. The molecule has 0 aliphatic carbocycles. The molecule has 0 fully saturated rings. The lowest BCUT2D eigenvalue weighted by Gasteiger charge is -2.19. The van der Waals surface area contributed by atoms with E-state index in [1.807, 2.05) is 0 Å². The van der Waals surface area contributed by atoms with Crippen molar-refractivity contribution in [3.63, 3.8) is 0 Å². The van der Waals surface area contributed by atoms with Gasteiger partial charge in [-0.3, -0.25) is 4.79 Å². The molecular weight excluding hydrogens is 239 g/mol. The van der Waals surface area contributed by atoms with Crippen LogP contribution in [0.15, 0.2) is 12.1 Å². The van der Waals surface area contributed by atoms with Crippen molar-refractivity contribution < 1.29 is 24.2 Å². The van der Waals surface area contributed by atoms with Crippen molar-refractivity contribution >= 4 is 11.9 Å². The maximum absolute atomic E-state index is 13.6. The van der Waals surface area contributed by atoms with E-state index in [-0.39, 0.29) is 17.5 Å². The molecule has 2 N–H and O–H groups in total. The normalized spacial score (nSPS) is 11.3. The van der Waals surface area contributed by atoms with Crippen LogP contribution >= 0.6 is 0 Å². The number of carboxylic acid groups (broad SMARTS) is 2. The van der Waals surface area contributed by atoms with Crippen LogP contribution < -0.4 is 0 Å². The van der Waals surface area contributed by atoms with E-state index in [2.05, 4.69) is 0 Å². The summed E-state index contributed by atoms with van der Waals surface area (Å²) in [6.45, 7) is 4.39. The molecule has 0 spiro atoms. The predicted octanol–water partition coefficient (Wildman–Crippen LogP) is 2.49. The fourth-order valence-electron chi connectivity index (χ4n) is 1.65. The zero-order valence-corrected chi connectivity index (χ0v) is 10.5. The molecule has 0 amide bonds. The molecule has 0 unspecified atom stereocenters. The van der Waals surface area contributed by atoms with Crippen LogP contribution in [0.25, 0.3) is 0 Å². The standard InChI is InChI=1S/C13H15FO4/c1-7-9(11(15)16)4-8(5-10(7)14)6-13(2,3)12(17)18/h4-5H,6H2,1-3H3,(H,15,16)(H,17,18). The molecule has 0 aliphatic rings. The first kappa shape index (κ1) is 14.2. The molecule has 0 saturated heterocycles. The monoisotopic (exact) mass is 254 g/mol. The van der Waals surface area contributed by atoms with E-state index in [4.69, 9.17) is 10.2 Å². The molecule has 18 heavy (non-hydrogen) atoms. The first-order chi connectivity index (χ1) is 8.15. The zero-order valence-electron chi connectivity index (χ0n) is 10.5. The van der Waals surface area contributed by atoms with Gasteiger partial charge in [-0.25, -0.2) is 9.18 Å². The van der Waals surface area contributed by atoms with Crippen molar-refractivity contribution in [2.24, 2.45) is 5.41 Å². The summed E-state index contributed by atoms with van der Waals surface area (Å²) in [5.41, 5.74) is -0.786. The lowest BCUT2D eigenvalue weighted by atomic mass is 9.85. The summed E-state index contributed by atoms with van der Waals surface area (Å²) < 4.78 is 13.6. The number of halogens is 1. The second-order valence-electron chi connectivity index (χ2n) is 4.92. The van der Waals surface area contributed by atoms with Gasteiger partial charge in [-0.1, -0.05) is 0 Å². The van der Waals surface area contributed by atoms with Crippen LogP contribution in [0.3, 0.4) is 0 Å². The second-order valence-corrected chi connectivity index (χ2v) is 4.92. The van der Waals surface area contributed by atoms with Gasteiger partial charge in [0.05, 0.1) is 11.0 Å². The second kappa shape index (κ2) is 4.76. The summed E-state index contributed by atoms with van der Waals surface area (Å²) in [6, 6.07) is 2.51. The van der Waals surface area contributed by atoms with Gasteiger partial charge in [0.2, 0.25) is 0 Å². The minimum atomic E-state index is -1.22. The van der Waals surface area contributed by atoms with Crippen LogP contribution in [0.2, 0.25) is 0 Å². The van der Waals surface area contributed by atoms with Crippen LogP contribution in [0.5, 0.6) is 0 Å². The molecule has 0 bridgehead atoms. The molecule has 1 aromatic rings. The Bertz CT molecular complexity index is 506. The molecule has 0 aliphatic heterocycles. The Balaban J connectivity index is 3.20. The van der Waals surface area contributed by atoms with E-state index in [1.54, 1.807) is 0 Å². The Morgan fingerprint density at radius 3 is 2.28 bits per heavy atom. The third kappa shape index (κ3) is 2.85. The summed E-state index contributed by atoms with van der Waals surface area (Å²) in [4.78, 5) is 21.9. The van der Waals surface area contributed by atoms with E-state index in [0.717, 1.165) is 0 Å². The van der Waals surface area contributed by atoms with Crippen molar-refractivity contribution in [3.8, 4) is 0 Å². The van der Waals surface area contributed by atoms with Gasteiger partial charge in [-0.15, -0.1) is 0 Å². The Labute approximate surface area is 104 Å². The third-order valence-corrected chi connectivity index (χ3v) is 2.86. The van der Waals surface area contributed by atoms with Crippen LogP contribution in [0, 0.1) is 18.2 Å². The van der Waals surface area contributed by atoms with Gasteiger partial charge in [-0.05, 0) is 50.5 Å². The molecule has 0 heterocycles. The summed E-state index contributed by atoms with van der Waals surface area (Å²) in [6.07, 6.45) is 0.0693. The Morgan fingerprint density at radius 1 is 1.28 bits per heavy atom. The molecule has 0 radical (unpaired) electrons. The van der Waals surface area contributed by atoms with Crippen molar-refractivity contribution in [1.82, 2.24) is 0 Å². The van der Waals surface area contributed by atoms with Gasteiger partial charge in [-0.2, -0.15) is 0 Å². The average molecular weight is 254 g/mol. The maximum Gasteiger partial charge on any atom is 0.336 e. The Morgan fingerprint density at radius 2 is 1.83 bits per heavy atom. The highest BCUT2D eigenvalue weighted by Crippen LogP contribution is 2.25. The van der Waals surface area contributed by atoms with Gasteiger partial charge >= 0.3 is 11.9 Å². The van der Waals surface area contributed by atoms with Gasteiger partial charge in [0.25, 0.3) is 0 Å². The molecule has 0 saturated carbocycles. The summed E-state index contributed by atoms with van der Waals surface area (Å²) in [7, 11) is 0. The summed E-state index contributed by atoms with van der Waals surface area (Å²) >= 11 is 0. The zero-order chi connectivity index (χ0) is 14.1. The number of aliphatic carboxylic acids is 1. The van der Waals surface area contributed by atoms with E-state index in [1.165, 1.54) is 32.9 Å². The molecular formula is C13H15FO4. The van der Waals surface area contributed by atoms with Crippen molar-refractivity contribution in [2.45, 2.75) is 27.2 Å². The quantitative estimate of drug-likeness (QED) is 0.865. The molecule has 1 rings (SSSR count). The highest BCUT2D eigenvalue weighted by molar-refractivity contribution is 5.89. The number of aromatic carboxylic acids is 1. The van der Waals surface area contributed by atoms with Gasteiger partial charge in [0.15, 0.2) is 0 Å². The van der Waals surface area contributed by atoms with Gasteiger partial charge in [0, 0.05) is 0 Å². The van der Waals surface area contributed by atoms with E-state index in [9.17, 15) is 14.0 Å². The lowest BCUT2D eigenvalue weighted by Crippen LogP contribution is -2.26. The average Bonchev–Trinajstić information content (AvgIpc) is 2.21. The fraction of sp³-hybridized carbons (Fsp3) is 0.385. The largest absolute Gasteiger partial charge is 0.481 e. The number of hydrogen-bond donors (Lipinski definition) is 2. The number of hydrogen-bond acceptors (Lipinski definition) is 2. The number of carbonyl (C=O) groups is 2. The number of carboxylic acids is 2. The van der Waals surface area contributed by atoms with E-state index in [0.29, 0.717) is 5.56 Å². The molecule has 98 valence electrons. The summed E-state index contributed by atoms with van der Waals surface area (Å²) in [5.74, 6) is -2.87. The SMILES string of the molecule is Cc1c(F)cc(CC(C)(C)C(=O)O)cc1C(=O)O. The molecule has 0 aromatic heterocycles. The van der Waals surface area contributed by atoms with E-state index >= 15 is 0 Å². The third-order valence-electron chi connectivity index (χ3n) is 2.86. The van der Waals surface area contributed by atoms with Crippen LogP contribution in [0.1, 0.15) is 35.3 Å². The van der Waals surface area contributed by atoms with Gasteiger partial charge in [0.1, 0.15) is 5.82 Å². The van der Waals surface area contributed by atoms with Crippen molar-refractivity contribution in [1.29, 1.82) is 0 Å². The first-order valence-corrected chi connectivity index (χ1v) is 5.41. The summed E-state index contributed by atoms with van der Waals surface area (Å²) in [5, 5.41) is 17.9. The minimum Gasteiger partial charge on any atom is -0.481 e. The molecule has 5 heteroatoms. The first-order valence-electron chi connectivity index (χ1n) is 5.41. The predicted molar refractivity (Wildman–Crippen MR) is 63.2 cm³/mol. The number of benzene rings is 1. The highest BCUT2D eigenvalue weighted by atomic mass is 19.1. The fourth-order valence-corrected chi connectivity index (χ4v) is 1.65. The van der Waals surface area contributed by atoms with Crippen molar-refractivity contribution in [2.75, 3.05) is 0 Å². The Kier molecular flexibility index (Phi) is 3.74. The highest BCUT2D eigenvalue weighted by Gasteiger charge is 2.28. The minimum absolute atomic E-state index is 0.0550. The topological polar surface area (TPSA) is 74.6 Å². The van der Waals surface area contributed by atoms with Crippen LogP contribution in [0.4, 0.5) is 4.39 Å². The van der Waals surface area contributed by atoms with Crippen LogP contribution in [-0.4, -0.2) is 22.2 Å². The maximum atomic E-state index is 13.6. The van der Waals surface area contributed by atoms with E-state index < -0.39 is 23.2 Å². The molecule has 0 atom stereocenters. The molecule has 4 nitrogen and oxygen atoms in total. The Hall–Kier alpha value is -1.91. The van der Waals surface area contributed by atoms with Gasteiger partial charge < -0.3 is 10.2 Å². The smallest absolute Gasteiger partial charge is 0.336 e.